The Labute approximate surface area is 419 Å². The number of benzene rings is 10. The maximum Gasteiger partial charge on any atom is 0.333 e. The molecule has 15 rings (SSSR count). The van der Waals surface area contributed by atoms with E-state index in [1.54, 1.807) is 0 Å². The number of furan rings is 2. The quantitative estimate of drug-likeness (QED) is 0.165. The van der Waals surface area contributed by atoms with Gasteiger partial charge >= 0.3 is 6.85 Å². The van der Waals surface area contributed by atoms with E-state index < -0.39 is 0 Å². The summed E-state index contributed by atoms with van der Waals surface area (Å²) in [6.07, 6.45) is 2.28. The van der Waals surface area contributed by atoms with Crippen molar-refractivity contribution in [2.45, 2.75) is 58.3 Å². The van der Waals surface area contributed by atoms with Crippen LogP contribution in [0.15, 0.2) is 203 Å². The Bertz CT molecular complexity index is 4240. The summed E-state index contributed by atoms with van der Waals surface area (Å²) in [5.41, 5.74) is 22.8. The second-order valence-corrected chi connectivity index (χ2v) is 21.9. The number of aryl methyl sites for hydroxylation is 1. The Morgan fingerprint density at radius 3 is 1.79 bits per heavy atom. The summed E-state index contributed by atoms with van der Waals surface area (Å²) in [6, 6.07) is 71.9. The first-order valence-corrected chi connectivity index (χ1v) is 25.6. The highest BCUT2D eigenvalue weighted by atomic mass is 16.3. The molecule has 0 radical (unpaired) electrons. The van der Waals surface area contributed by atoms with E-state index in [0.717, 1.165) is 74.1 Å². The topological polar surface area (TPSA) is 32.8 Å². The molecule has 4 heterocycles. The van der Waals surface area contributed by atoms with Crippen molar-refractivity contribution < 1.29 is 8.83 Å². The van der Waals surface area contributed by atoms with E-state index >= 15 is 0 Å². The predicted octanol–water partition coefficient (Wildman–Crippen LogP) is 17.3. The zero-order valence-electron chi connectivity index (χ0n) is 41.2. The van der Waals surface area contributed by atoms with Gasteiger partial charge in [0.2, 0.25) is 0 Å². The molecule has 0 saturated heterocycles. The van der Waals surface area contributed by atoms with Gasteiger partial charge in [0.1, 0.15) is 16.7 Å². The van der Waals surface area contributed by atoms with Crippen LogP contribution in [-0.2, 0) is 10.8 Å². The minimum Gasteiger partial charge on any atom is -0.456 e. The Balaban J connectivity index is 1.09. The van der Waals surface area contributed by atoms with Crippen LogP contribution in [0, 0.1) is 6.92 Å². The van der Waals surface area contributed by atoms with Gasteiger partial charge in [-0.05, 0) is 157 Å². The van der Waals surface area contributed by atoms with Gasteiger partial charge in [0.15, 0.2) is 5.58 Å². The molecule has 0 amide bonds. The predicted molar refractivity (Wildman–Crippen MR) is 303 cm³/mol. The third-order valence-corrected chi connectivity index (χ3v) is 16.8. The van der Waals surface area contributed by atoms with Crippen molar-refractivity contribution >= 4 is 101 Å². The number of nitrogens with zero attached hydrogens (tertiary/aromatic N) is 2. The minimum absolute atomic E-state index is 0.0431. The number of hydrogen-bond acceptors (Lipinski definition) is 4. The molecule has 0 bridgehead atoms. The van der Waals surface area contributed by atoms with Crippen LogP contribution in [0.1, 0.15) is 57.2 Å². The van der Waals surface area contributed by atoms with Gasteiger partial charge in [0.05, 0.1) is 5.69 Å². The van der Waals surface area contributed by atoms with Crippen LogP contribution in [0.2, 0.25) is 0 Å². The highest BCUT2D eigenvalue weighted by Gasteiger charge is 2.48. The SMILES string of the molecule is Cc1cc(-c2ccccc2)ccc1N1c2cc3oc4cc5c(cc4c3cc2B2c3c(cc4c(oc6ccccc64)c31)-c1cc3ccccc3cc1N2c1ccc(-c2ccccc2)cc1)C(C)(C)CCC5(C)C. The summed E-state index contributed by atoms with van der Waals surface area (Å²) >= 11 is 0. The van der Waals surface area contributed by atoms with Crippen molar-refractivity contribution in [1.29, 1.82) is 0 Å². The van der Waals surface area contributed by atoms with Crippen molar-refractivity contribution in [3.63, 3.8) is 0 Å². The average Bonchev–Trinajstić information content (AvgIpc) is 3.97. The Kier molecular flexibility index (Phi) is 8.58. The normalized spacial score (nSPS) is 15.3. The van der Waals surface area contributed by atoms with Gasteiger partial charge in [-0.15, -0.1) is 0 Å². The first-order valence-electron chi connectivity index (χ1n) is 25.6. The number of para-hydroxylation sites is 1. The molecular weight excluding hydrogens is 876 g/mol. The second kappa shape index (κ2) is 14.9. The van der Waals surface area contributed by atoms with Gasteiger partial charge < -0.3 is 18.5 Å². The largest absolute Gasteiger partial charge is 0.456 e. The highest BCUT2D eigenvalue weighted by Crippen LogP contribution is 2.54. The highest BCUT2D eigenvalue weighted by molar-refractivity contribution is 6.94. The van der Waals surface area contributed by atoms with E-state index in [-0.39, 0.29) is 17.7 Å². The molecule has 0 fully saturated rings. The van der Waals surface area contributed by atoms with Crippen LogP contribution in [-0.4, -0.2) is 6.85 Å². The van der Waals surface area contributed by atoms with E-state index in [0.29, 0.717) is 0 Å². The van der Waals surface area contributed by atoms with Crippen molar-refractivity contribution in [1.82, 2.24) is 0 Å². The van der Waals surface area contributed by atoms with Gasteiger partial charge in [0, 0.05) is 55.9 Å². The van der Waals surface area contributed by atoms with Gasteiger partial charge in [-0.2, -0.15) is 0 Å². The Morgan fingerprint density at radius 1 is 0.444 bits per heavy atom. The summed E-state index contributed by atoms with van der Waals surface area (Å²) < 4.78 is 14.4. The molecule has 10 aromatic carbocycles. The summed E-state index contributed by atoms with van der Waals surface area (Å²) in [5.74, 6) is 0. The smallest absolute Gasteiger partial charge is 0.333 e. The zero-order chi connectivity index (χ0) is 48.2. The lowest BCUT2D eigenvalue weighted by Crippen LogP contribution is -2.61. The van der Waals surface area contributed by atoms with Gasteiger partial charge in [-0.3, -0.25) is 0 Å². The summed E-state index contributed by atoms with van der Waals surface area (Å²) in [4.78, 5) is 5.14. The molecule has 0 saturated carbocycles. The fraction of sp³-hybridized carbons (Fsp3) is 0.134. The molecule has 5 heteroatoms. The molecule has 344 valence electrons. The van der Waals surface area contributed by atoms with Gasteiger partial charge in [0.25, 0.3) is 0 Å². The van der Waals surface area contributed by atoms with E-state index in [4.69, 9.17) is 8.83 Å². The number of hydrogen-bond donors (Lipinski definition) is 0. The first kappa shape index (κ1) is 41.5. The lowest BCUT2D eigenvalue weighted by molar-refractivity contribution is 0.332. The van der Waals surface area contributed by atoms with Crippen LogP contribution in [0.5, 0.6) is 0 Å². The van der Waals surface area contributed by atoms with E-state index in [9.17, 15) is 0 Å². The lowest BCUT2D eigenvalue weighted by Gasteiger charge is -2.46. The molecule has 2 aromatic heterocycles. The zero-order valence-corrected chi connectivity index (χ0v) is 41.2. The van der Waals surface area contributed by atoms with Crippen LogP contribution in [0.25, 0.3) is 88.0 Å². The Hall–Kier alpha value is -8.28. The van der Waals surface area contributed by atoms with Crippen molar-refractivity contribution in [2.24, 2.45) is 0 Å². The second-order valence-electron chi connectivity index (χ2n) is 21.9. The standard InChI is InChI=1S/C67H51BN2O2/c1-40-32-46(42-18-10-7-11-19-42)26-29-57(40)69-59-39-62-51(50-36-54-55(38-61(50)71-62)67(4,5)31-30-66(54,2)3)37-56(59)68-63-52(35-53-48-22-14-15-23-60(48)72-65(53)64(63)69)49-33-44-20-12-13-21-45(44)34-58(49)70(68)47-27-24-43(25-28-47)41-16-8-6-9-17-41/h6-29,32-39H,30-31H2,1-5H3. The number of fused-ring (bicyclic) bond motifs is 13. The lowest BCUT2D eigenvalue weighted by atomic mass is 9.43. The average molecular weight is 927 g/mol. The van der Waals surface area contributed by atoms with E-state index in [1.165, 1.54) is 82.8 Å². The number of anilines is 5. The van der Waals surface area contributed by atoms with E-state index in [1.807, 2.05) is 0 Å². The Morgan fingerprint density at radius 2 is 1.06 bits per heavy atom. The minimum atomic E-state index is -0.249. The van der Waals surface area contributed by atoms with Gasteiger partial charge in [-0.25, -0.2) is 0 Å². The van der Waals surface area contributed by atoms with Crippen molar-refractivity contribution in [3.8, 4) is 33.4 Å². The van der Waals surface area contributed by atoms with Crippen molar-refractivity contribution in [2.75, 3.05) is 9.71 Å². The van der Waals surface area contributed by atoms with Crippen LogP contribution in [0.3, 0.4) is 0 Å². The maximum atomic E-state index is 7.23. The monoisotopic (exact) mass is 926 g/mol. The third-order valence-electron chi connectivity index (χ3n) is 16.8. The molecule has 3 aliphatic rings. The summed E-state index contributed by atoms with van der Waals surface area (Å²) in [7, 11) is 0. The molecule has 1 aliphatic carbocycles. The summed E-state index contributed by atoms with van der Waals surface area (Å²) in [6.45, 7) is 11.6. The molecule has 2 aliphatic heterocycles. The molecule has 4 nitrogen and oxygen atoms in total. The van der Waals surface area contributed by atoms with Crippen molar-refractivity contribution in [3.05, 3.63) is 211 Å². The first-order chi connectivity index (χ1) is 35.1. The fourth-order valence-corrected chi connectivity index (χ4v) is 12.9. The molecule has 0 atom stereocenters. The number of rotatable bonds is 4. The summed E-state index contributed by atoms with van der Waals surface area (Å²) in [5, 5.41) is 6.94. The molecule has 0 unspecified atom stereocenters. The van der Waals surface area contributed by atoms with Gasteiger partial charge in [-0.1, -0.05) is 155 Å². The third kappa shape index (κ3) is 5.94. The maximum absolute atomic E-state index is 7.23. The molecule has 12 aromatic rings. The van der Waals surface area contributed by atoms with Crippen LogP contribution in [0.4, 0.5) is 28.4 Å². The van der Waals surface area contributed by atoms with Crippen LogP contribution >= 0.6 is 0 Å². The molecule has 0 spiro atoms. The molecular formula is C67H51BN2O2. The molecule has 72 heavy (non-hydrogen) atoms. The van der Waals surface area contributed by atoms with E-state index in [2.05, 4.69) is 238 Å². The van der Waals surface area contributed by atoms with Crippen LogP contribution < -0.4 is 20.6 Å². The molecule has 0 N–H and O–H groups in total. The fourth-order valence-electron chi connectivity index (χ4n) is 12.9.